The van der Waals surface area contributed by atoms with Gasteiger partial charge in [0.2, 0.25) is 0 Å². The number of nitrogens with zero attached hydrogens (tertiary/aromatic N) is 3. The lowest BCUT2D eigenvalue weighted by Crippen LogP contribution is -1.92. The zero-order valence-corrected chi connectivity index (χ0v) is 8.36. The van der Waals surface area contributed by atoms with E-state index in [1.54, 1.807) is 23.1 Å². The van der Waals surface area contributed by atoms with Crippen molar-refractivity contribution < 1.29 is 0 Å². The van der Waals surface area contributed by atoms with Gasteiger partial charge in [-0.1, -0.05) is 11.6 Å². The van der Waals surface area contributed by atoms with E-state index in [4.69, 9.17) is 17.3 Å². The molecule has 0 aromatic carbocycles. The minimum absolute atomic E-state index is 0.537. The highest BCUT2D eigenvalue weighted by Gasteiger charge is 2.06. The van der Waals surface area contributed by atoms with E-state index >= 15 is 0 Å². The van der Waals surface area contributed by atoms with E-state index in [1.807, 2.05) is 13.2 Å². The summed E-state index contributed by atoms with van der Waals surface area (Å²) in [5, 5.41) is 4.58. The van der Waals surface area contributed by atoms with E-state index in [0.717, 1.165) is 5.56 Å². The van der Waals surface area contributed by atoms with Gasteiger partial charge in [-0.05, 0) is 6.07 Å². The normalized spacial score (nSPS) is 10.4. The van der Waals surface area contributed by atoms with Gasteiger partial charge in [-0.2, -0.15) is 5.10 Å². The third-order valence-corrected chi connectivity index (χ3v) is 2.07. The number of nitrogen functional groups attached to an aromatic ring is 1. The first-order valence-corrected chi connectivity index (χ1v) is 4.44. The van der Waals surface area contributed by atoms with Crippen molar-refractivity contribution in [2.24, 2.45) is 7.05 Å². The third-order valence-electron chi connectivity index (χ3n) is 1.86. The van der Waals surface area contributed by atoms with Gasteiger partial charge in [-0.25, -0.2) is 0 Å². The van der Waals surface area contributed by atoms with Crippen LogP contribution in [0.5, 0.6) is 0 Å². The number of nitrogens with two attached hydrogens (primary N) is 1. The number of pyridine rings is 1. The van der Waals surface area contributed by atoms with Crippen LogP contribution >= 0.6 is 11.6 Å². The fourth-order valence-electron chi connectivity index (χ4n) is 1.24. The molecule has 0 aliphatic heterocycles. The molecule has 0 fully saturated rings. The van der Waals surface area contributed by atoms with Crippen LogP contribution in [-0.4, -0.2) is 14.8 Å². The third kappa shape index (κ3) is 1.56. The average molecular weight is 209 g/mol. The SMILES string of the molecule is Cn1cc(-c2ncc(Cl)cc2N)cn1. The van der Waals surface area contributed by atoms with Gasteiger partial charge in [-0.15, -0.1) is 0 Å². The molecule has 14 heavy (non-hydrogen) atoms. The summed E-state index contributed by atoms with van der Waals surface area (Å²) in [6.45, 7) is 0. The predicted molar refractivity (Wildman–Crippen MR) is 55.9 cm³/mol. The summed E-state index contributed by atoms with van der Waals surface area (Å²) in [6, 6.07) is 1.68. The maximum Gasteiger partial charge on any atom is 0.0963 e. The van der Waals surface area contributed by atoms with Crippen molar-refractivity contribution in [3.8, 4) is 11.3 Å². The van der Waals surface area contributed by atoms with Crippen LogP contribution in [0.25, 0.3) is 11.3 Å². The zero-order chi connectivity index (χ0) is 10.1. The van der Waals surface area contributed by atoms with E-state index in [9.17, 15) is 0 Å². The number of rotatable bonds is 1. The first-order chi connectivity index (χ1) is 6.66. The molecule has 2 rings (SSSR count). The van der Waals surface area contributed by atoms with Gasteiger partial charge in [0.25, 0.3) is 0 Å². The van der Waals surface area contributed by atoms with Crippen LogP contribution in [0.15, 0.2) is 24.7 Å². The fraction of sp³-hybridized carbons (Fsp3) is 0.111. The summed E-state index contributed by atoms with van der Waals surface area (Å²) in [6.07, 6.45) is 5.14. The smallest absolute Gasteiger partial charge is 0.0963 e. The zero-order valence-electron chi connectivity index (χ0n) is 7.61. The standard InChI is InChI=1S/C9H9ClN4/c1-14-5-6(3-13-14)9-8(11)2-7(10)4-12-9/h2-5H,11H2,1H3. The van der Waals surface area contributed by atoms with Crippen molar-refractivity contribution in [3.05, 3.63) is 29.7 Å². The molecule has 5 heteroatoms. The van der Waals surface area contributed by atoms with E-state index in [-0.39, 0.29) is 0 Å². The monoisotopic (exact) mass is 208 g/mol. The van der Waals surface area contributed by atoms with Crippen LogP contribution in [0.1, 0.15) is 0 Å². The topological polar surface area (TPSA) is 56.7 Å². The molecule has 0 saturated carbocycles. The lowest BCUT2D eigenvalue weighted by atomic mass is 10.2. The molecule has 0 unspecified atom stereocenters. The molecule has 2 aromatic rings. The van der Waals surface area contributed by atoms with Gasteiger partial charge < -0.3 is 5.73 Å². The Bertz CT molecular complexity index is 464. The van der Waals surface area contributed by atoms with E-state index < -0.39 is 0 Å². The number of hydrogen-bond donors (Lipinski definition) is 1. The quantitative estimate of drug-likeness (QED) is 0.777. The number of halogens is 1. The van der Waals surface area contributed by atoms with Crippen LogP contribution in [0.4, 0.5) is 5.69 Å². The Morgan fingerprint density at radius 1 is 1.43 bits per heavy atom. The number of hydrogen-bond acceptors (Lipinski definition) is 3. The molecule has 0 radical (unpaired) electrons. The van der Waals surface area contributed by atoms with Crippen molar-refractivity contribution in [1.82, 2.24) is 14.8 Å². The maximum absolute atomic E-state index is 5.78. The predicted octanol–water partition coefficient (Wildman–Crippen LogP) is 1.72. The van der Waals surface area contributed by atoms with Crippen LogP contribution in [-0.2, 0) is 7.05 Å². The molecular formula is C9H9ClN4. The molecule has 0 aliphatic rings. The van der Waals surface area contributed by atoms with Gasteiger partial charge in [0, 0.05) is 25.0 Å². The number of aryl methyl sites for hydroxylation is 1. The molecule has 2 N–H and O–H groups in total. The summed E-state index contributed by atoms with van der Waals surface area (Å²) in [4.78, 5) is 4.15. The van der Waals surface area contributed by atoms with Crippen molar-refractivity contribution in [1.29, 1.82) is 0 Å². The molecule has 0 bridgehead atoms. The summed E-state index contributed by atoms with van der Waals surface area (Å²) in [5.74, 6) is 0. The molecule has 4 nitrogen and oxygen atoms in total. The minimum atomic E-state index is 0.537. The second kappa shape index (κ2) is 3.31. The lowest BCUT2D eigenvalue weighted by molar-refractivity contribution is 0.768. The highest BCUT2D eigenvalue weighted by atomic mass is 35.5. The average Bonchev–Trinajstić information content (AvgIpc) is 2.51. The molecule has 0 spiro atoms. The van der Waals surface area contributed by atoms with Crippen LogP contribution in [0, 0.1) is 0 Å². The fourth-order valence-corrected chi connectivity index (χ4v) is 1.41. The van der Waals surface area contributed by atoms with Crippen molar-refractivity contribution >= 4 is 17.3 Å². The summed E-state index contributed by atoms with van der Waals surface area (Å²) >= 11 is 5.75. The van der Waals surface area contributed by atoms with Crippen LogP contribution in [0.2, 0.25) is 5.02 Å². The molecular weight excluding hydrogens is 200 g/mol. The number of anilines is 1. The number of aromatic nitrogens is 3. The maximum atomic E-state index is 5.78. The van der Waals surface area contributed by atoms with E-state index in [0.29, 0.717) is 16.4 Å². The highest BCUT2D eigenvalue weighted by Crippen LogP contribution is 2.24. The highest BCUT2D eigenvalue weighted by molar-refractivity contribution is 6.30. The summed E-state index contributed by atoms with van der Waals surface area (Å²) < 4.78 is 1.70. The molecule has 0 atom stereocenters. The van der Waals surface area contributed by atoms with Crippen LogP contribution < -0.4 is 5.73 Å². The molecule has 0 aliphatic carbocycles. The Hall–Kier alpha value is -1.55. The van der Waals surface area contributed by atoms with Crippen LogP contribution in [0.3, 0.4) is 0 Å². The second-order valence-electron chi connectivity index (χ2n) is 2.99. The first-order valence-electron chi connectivity index (χ1n) is 4.07. The van der Waals surface area contributed by atoms with Crippen molar-refractivity contribution in [2.45, 2.75) is 0 Å². The molecule has 72 valence electrons. The Morgan fingerprint density at radius 2 is 2.21 bits per heavy atom. The molecule has 0 saturated heterocycles. The van der Waals surface area contributed by atoms with Gasteiger partial charge in [0.05, 0.1) is 22.6 Å². The van der Waals surface area contributed by atoms with Gasteiger partial charge in [0.1, 0.15) is 0 Å². The lowest BCUT2D eigenvalue weighted by Gasteiger charge is -2.01. The van der Waals surface area contributed by atoms with E-state index in [1.165, 1.54) is 0 Å². The Kier molecular flexibility index (Phi) is 2.13. The summed E-state index contributed by atoms with van der Waals surface area (Å²) in [5.41, 5.74) is 7.94. The molecule has 2 aromatic heterocycles. The second-order valence-corrected chi connectivity index (χ2v) is 3.43. The Labute approximate surface area is 86.3 Å². The van der Waals surface area contributed by atoms with Crippen molar-refractivity contribution in [2.75, 3.05) is 5.73 Å². The van der Waals surface area contributed by atoms with Gasteiger partial charge in [0.15, 0.2) is 0 Å². The molecule has 0 amide bonds. The first kappa shape index (κ1) is 9.02. The van der Waals surface area contributed by atoms with Gasteiger partial charge in [-0.3, -0.25) is 9.67 Å². The van der Waals surface area contributed by atoms with E-state index in [2.05, 4.69) is 10.1 Å². The largest absolute Gasteiger partial charge is 0.397 e. The van der Waals surface area contributed by atoms with Crippen molar-refractivity contribution in [3.63, 3.8) is 0 Å². The Balaban J connectivity index is 2.52. The molecule has 2 heterocycles. The Morgan fingerprint density at radius 3 is 2.79 bits per heavy atom. The van der Waals surface area contributed by atoms with Gasteiger partial charge >= 0.3 is 0 Å². The summed E-state index contributed by atoms with van der Waals surface area (Å²) in [7, 11) is 1.84. The minimum Gasteiger partial charge on any atom is -0.397 e.